The van der Waals surface area contributed by atoms with Crippen molar-refractivity contribution in [2.45, 2.75) is 18.2 Å². The van der Waals surface area contributed by atoms with E-state index in [0.717, 1.165) is 11.1 Å². The molecule has 7 heteroatoms. The molecule has 1 aromatic heterocycles. The molecule has 3 aromatic rings. The van der Waals surface area contributed by atoms with Gasteiger partial charge in [0.2, 0.25) is 0 Å². The number of aryl methyl sites for hydroxylation is 1. The predicted molar refractivity (Wildman–Crippen MR) is 91.8 cm³/mol. The minimum Gasteiger partial charge on any atom is -0.267 e. The smallest absolute Gasteiger partial charge is 0.267 e. The van der Waals surface area contributed by atoms with Crippen molar-refractivity contribution in [1.82, 2.24) is 10.2 Å². The van der Waals surface area contributed by atoms with Crippen molar-refractivity contribution in [3.8, 4) is 0 Å². The minimum atomic E-state index is -3.77. The molecule has 0 saturated heterocycles. The fourth-order valence-electron chi connectivity index (χ4n) is 3.14. The van der Waals surface area contributed by atoms with Gasteiger partial charge in [-0.2, -0.15) is 5.10 Å². The van der Waals surface area contributed by atoms with Gasteiger partial charge >= 0.3 is 0 Å². The average Bonchev–Trinajstić information content (AvgIpc) is 2.98. The Bertz CT molecular complexity index is 1120. The molecule has 0 bridgehead atoms. The molecule has 0 spiro atoms. The summed E-state index contributed by atoms with van der Waals surface area (Å²) in [6, 6.07) is 10.5. The van der Waals surface area contributed by atoms with Crippen molar-refractivity contribution in [1.29, 1.82) is 0 Å². The average molecular weight is 341 g/mol. The Kier molecular flexibility index (Phi) is 3.21. The van der Waals surface area contributed by atoms with Gasteiger partial charge in [-0.05, 0) is 42.7 Å². The van der Waals surface area contributed by atoms with E-state index in [-0.39, 0.29) is 4.90 Å². The first-order chi connectivity index (χ1) is 11.5. The SMILES string of the molecule is Cc1ccc2c(c1)N(S(=O)(=O)c1cccc3c(=O)[nH]ncc13)CC2. The molecule has 0 radical (unpaired) electrons. The van der Waals surface area contributed by atoms with E-state index < -0.39 is 15.6 Å². The standard InChI is InChI=1S/C17H15N3O3S/c1-11-5-6-12-7-8-20(15(12)9-11)24(22,23)16-4-2-3-13-14(16)10-18-19-17(13)21/h2-6,9-10H,7-8H2,1H3,(H,19,21). The molecule has 122 valence electrons. The van der Waals surface area contributed by atoms with Crippen molar-refractivity contribution >= 4 is 26.5 Å². The highest BCUT2D eigenvalue weighted by molar-refractivity contribution is 7.93. The third-order valence-corrected chi connectivity index (χ3v) is 6.20. The van der Waals surface area contributed by atoms with Crippen molar-refractivity contribution in [2.75, 3.05) is 10.8 Å². The summed E-state index contributed by atoms with van der Waals surface area (Å²) in [6.45, 7) is 2.33. The summed E-state index contributed by atoms with van der Waals surface area (Å²) in [7, 11) is -3.77. The molecular weight excluding hydrogens is 326 g/mol. The Morgan fingerprint density at radius 2 is 2.00 bits per heavy atom. The molecule has 1 aliphatic heterocycles. The number of aromatic nitrogens is 2. The molecule has 0 unspecified atom stereocenters. The number of sulfonamides is 1. The zero-order chi connectivity index (χ0) is 16.9. The van der Waals surface area contributed by atoms with Crippen LogP contribution in [0.2, 0.25) is 0 Å². The highest BCUT2D eigenvalue weighted by atomic mass is 32.2. The number of rotatable bonds is 2. The van der Waals surface area contributed by atoms with Crippen LogP contribution in [0.15, 0.2) is 52.3 Å². The summed E-state index contributed by atoms with van der Waals surface area (Å²) in [6.07, 6.45) is 2.06. The number of anilines is 1. The number of nitrogens with one attached hydrogen (secondary N) is 1. The van der Waals surface area contributed by atoms with Crippen LogP contribution in [0, 0.1) is 6.92 Å². The molecular formula is C17H15N3O3S. The van der Waals surface area contributed by atoms with Crippen LogP contribution < -0.4 is 9.86 Å². The van der Waals surface area contributed by atoms with Crippen molar-refractivity contribution in [3.63, 3.8) is 0 Å². The second kappa shape index (κ2) is 5.17. The van der Waals surface area contributed by atoms with E-state index in [1.54, 1.807) is 12.1 Å². The summed E-state index contributed by atoms with van der Waals surface area (Å²) < 4.78 is 27.9. The Balaban J connectivity index is 1.94. The minimum absolute atomic E-state index is 0.105. The fraction of sp³-hybridized carbons (Fsp3) is 0.176. The third-order valence-electron chi connectivity index (χ3n) is 4.33. The molecule has 1 N–H and O–H groups in total. The van der Waals surface area contributed by atoms with Gasteiger partial charge in [-0.25, -0.2) is 13.5 Å². The Morgan fingerprint density at radius 1 is 1.17 bits per heavy atom. The van der Waals surface area contributed by atoms with Crippen molar-refractivity contribution in [3.05, 3.63) is 64.1 Å². The number of nitrogens with zero attached hydrogens (tertiary/aromatic N) is 2. The zero-order valence-corrected chi connectivity index (χ0v) is 13.8. The number of hydrogen-bond donors (Lipinski definition) is 1. The van der Waals surface area contributed by atoms with Gasteiger partial charge in [-0.3, -0.25) is 9.10 Å². The topological polar surface area (TPSA) is 83.1 Å². The highest BCUT2D eigenvalue weighted by Crippen LogP contribution is 2.35. The second-order valence-corrected chi connectivity index (χ2v) is 7.71. The van der Waals surface area contributed by atoms with Crippen LogP contribution in [0.3, 0.4) is 0 Å². The molecule has 0 fully saturated rings. The maximum absolute atomic E-state index is 13.2. The van der Waals surface area contributed by atoms with E-state index >= 15 is 0 Å². The van der Waals surface area contributed by atoms with E-state index in [1.807, 2.05) is 25.1 Å². The molecule has 0 amide bonds. The number of hydrogen-bond acceptors (Lipinski definition) is 4. The Hall–Kier alpha value is -2.67. The zero-order valence-electron chi connectivity index (χ0n) is 13.0. The third kappa shape index (κ3) is 2.12. The quantitative estimate of drug-likeness (QED) is 0.772. The van der Waals surface area contributed by atoms with Crippen LogP contribution in [0.5, 0.6) is 0 Å². The molecule has 0 atom stereocenters. The van der Waals surface area contributed by atoms with Crippen molar-refractivity contribution < 1.29 is 8.42 Å². The first-order valence-corrected chi connectivity index (χ1v) is 9.01. The van der Waals surface area contributed by atoms with Gasteiger partial charge in [-0.1, -0.05) is 18.2 Å². The maximum Gasteiger partial charge on any atom is 0.272 e. The van der Waals surface area contributed by atoms with Crippen LogP contribution in [0.4, 0.5) is 5.69 Å². The highest BCUT2D eigenvalue weighted by Gasteiger charge is 2.32. The molecule has 0 saturated carbocycles. The fourth-order valence-corrected chi connectivity index (χ4v) is 4.83. The first kappa shape index (κ1) is 14.9. The summed E-state index contributed by atoms with van der Waals surface area (Å²) >= 11 is 0. The lowest BCUT2D eigenvalue weighted by Crippen LogP contribution is -2.29. The lowest BCUT2D eigenvalue weighted by Gasteiger charge is -2.20. The normalized spacial score (nSPS) is 14.1. The Morgan fingerprint density at radius 3 is 2.83 bits per heavy atom. The van der Waals surface area contributed by atoms with Gasteiger partial charge in [0, 0.05) is 11.9 Å². The molecule has 6 nitrogen and oxygen atoms in total. The van der Waals surface area contributed by atoms with E-state index in [4.69, 9.17) is 0 Å². The molecule has 4 rings (SSSR count). The van der Waals surface area contributed by atoms with E-state index in [2.05, 4.69) is 10.2 Å². The second-order valence-electron chi connectivity index (χ2n) is 5.88. The van der Waals surface area contributed by atoms with Crippen molar-refractivity contribution in [2.24, 2.45) is 0 Å². The molecule has 2 heterocycles. The van der Waals surface area contributed by atoms with E-state index in [0.29, 0.717) is 29.4 Å². The van der Waals surface area contributed by atoms with Gasteiger partial charge in [0.05, 0.1) is 22.2 Å². The van der Waals surface area contributed by atoms with Gasteiger partial charge in [-0.15, -0.1) is 0 Å². The van der Waals surface area contributed by atoms with Crippen LogP contribution in [-0.2, 0) is 16.4 Å². The van der Waals surface area contributed by atoms with Gasteiger partial charge in [0.25, 0.3) is 15.6 Å². The Labute approximate surface area is 138 Å². The van der Waals surface area contributed by atoms with Gasteiger partial charge in [0.1, 0.15) is 0 Å². The lowest BCUT2D eigenvalue weighted by atomic mass is 10.1. The number of aromatic amines is 1. The molecule has 2 aromatic carbocycles. The van der Waals surface area contributed by atoms with Crippen LogP contribution in [-0.4, -0.2) is 25.2 Å². The largest absolute Gasteiger partial charge is 0.272 e. The van der Waals surface area contributed by atoms with Gasteiger partial charge in [0.15, 0.2) is 0 Å². The monoisotopic (exact) mass is 341 g/mol. The summed E-state index contributed by atoms with van der Waals surface area (Å²) in [5.41, 5.74) is 2.33. The van der Waals surface area contributed by atoms with E-state index in [9.17, 15) is 13.2 Å². The predicted octanol–water partition coefficient (Wildman–Crippen LogP) is 1.98. The number of fused-ring (bicyclic) bond motifs is 2. The lowest BCUT2D eigenvalue weighted by molar-refractivity contribution is 0.593. The maximum atomic E-state index is 13.2. The summed E-state index contributed by atoms with van der Waals surface area (Å²) in [5, 5.41) is 6.73. The molecule has 1 aliphatic rings. The first-order valence-electron chi connectivity index (χ1n) is 7.57. The van der Waals surface area contributed by atoms with Gasteiger partial charge < -0.3 is 0 Å². The number of benzene rings is 2. The van der Waals surface area contributed by atoms with E-state index in [1.165, 1.54) is 16.6 Å². The van der Waals surface area contributed by atoms with Crippen LogP contribution >= 0.6 is 0 Å². The summed E-state index contributed by atoms with van der Waals surface area (Å²) in [4.78, 5) is 12.0. The number of H-pyrrole nitrogens is 1. The molecule has 0 aliphatic carbocycles. The van der Waals surface area contributed by atoms with Crippen LogP contribution in [0.25, 0.3) is 10.8 Å². The summed E-state index contributed by atoms with van der Waals surface area (Å²) in [5.74, 6) is 0. The molecule has 24 heavy (non-hydrogen) atoms. The van der Waals surface area contributed by atoms with Crippen LogP contribution in [0.1, 0.15) is 11.1 Å².